The van der Waals surface area contributed by atoms with Crippen LogP contribution in [-0.2, 0) is 5.54 Å². The molecule has 0 fully saturated rings. The molecule has 0 radical (unpaired) electrons. The quantitative estimate of drug-likeness (QED) is 0.916. The van der Waals surface area contributed by atoms with Crippen LogP contribution < -0.4 is 10.6 Å². The van der Waals surface area contributed by atoms with E-state index in [4.69, 9.17) is 5.73 Å². The molecule has 4 heteroatoms. The largest absolute Gasteiger partial charge is 0.369 e. The Bertz CT molecular complexity index is 637. The second kappa shape index (κ2) is 4.94. The van der Waals surface area contributed by atoms with Gasteiger partial charge in [-0.1, -0.05) is 46.3 Å². The zero-order chi connectivity index (χ0) is 14.2. The van der Waals surface area contributed by atoms with Crippen LogP contribution in [0.5, 0.6) is 0 Å². The summed E-state index contributed by atoms with van der Waals surface area (Å²) in [7, 11) is 0. The maximum atomic E-state index is 6.12. The molecular weight excluding hydrogens is 314 g/mol. The molecule has 102 valence electrons. The van der Waals surface area contributed by atoms with Crippen LogP contribution in [0.2, 0.25) is 0 Å². The Morgan fingerprint density at radius 3 is 2.40 bits per heavy atom. The number of anilines is 1. The summed E-state index contributed by atoms with van der Waals surface area (Å²) < 4.78 is 1.07. The van der Waals surface area contributed by atoms with Gasteiger partial charge in [0, 0.05) is 10.2 Å². The third-order valence-corrected chi connectivity index (χ3v) is 4.28. The number of halogens is 1. The lowest BCUT2D eigenvalue weighted by atomic mass is 9.90. The van der Waals surface area contributed by atoms with Crippen molar-refractivity contribution < 1.29 is 0 Å². The average molecular weight is 330 g/mol. The molecule has 0 amide bonds. The maximum Gasteiger partial charge on any atom is 0.196 e. The third kappa shape index (κ3) is 2.10. The van der Waals surface area contributed by atoms with Crippen LogP contribution in [0.4, 0.5) is 5.69 Å². The highest BCUT2D eigenvalue weighted by Crippen LogP contribution is 2.36. The normalized spacial score (nSPS) is 21.9. The lowest BCUT2D eigenvalue weighted by Crippen LogP contribution is -2.47. The molecule has 0 saturated heterocycles. The van der Waals surface area contributed by atoms with Crippen molar-refractivity contribution in [3.05, 3.63) is 64.6 Å². The van der Waals surface area contributed by atoms with Crippen LogP contribution >= 0.6 is 15.9 Å². The summed E-state index contributed by atoms with van der Waals surface area (Å²) in [6.45, 7) is 2.84. The van der Waals surface area contributed by atoms with E-state index >= 15 is 0 Å². The van der Waals surface area contributed by atoms with Gasteiger partial charge in [-0.25, -0.2) is 0 Å². The van der Waals surface area contributed by atoms with E-state index in [9.17, 15) is 0 Å². The smallest absolute Gasteiger partial charge is 0.196 e. The molecule has 3 nitrogen and oxygen atoms in total. The van der Waals surface area contributed by atoms with E-state index in [0.717, 1.165) is 10.2 Å². The van der Waals surface area contributed by atoms with Crippen LogP contribution in [0.25, 0.3) is 0 Å². The summed E-state index contributed by atoms with van der Waals surface area (Å²) in [6, 6.07) is 18.5. The van der Waals surface area contributed by atoms with Crippen LogP contribution in [-0.4, -0.2) is 12.5 Å². The second-order valence-electron chi connectivity index (χ2n) is 5.13. The first-order valence-corrected chi connectivity index (χ1v) is 7.32. The van der Waals surface area contributed by atoms with Gasteiger partial charge >= 0.3 is 0 Å². The molecule has 1 heterocycles. The molecule has 1 atom stereocenters. The highest BCUT2D eigenvalue weighted by molar-refractivity contribution is 9.10. The molecule has 1 aliphatic heterocycles. The molecular formula is C16H16BrN3. The van der Waals surface area contributed by atoms with Crippen molar-refractivity contribution in [2.45, 2.75) is 12.5 Å². The van der Waals surface area contributed by atoms with Gasteiger partial charge in [0.2, 0.25) is 0 Å². The molecule has 1 unspecified atom stereocenters. The molecule has 0 aromatic heterocycles. The molecule has 2 N–H and O–H groups in total. The van der Waals surface area contributed by atoms with Crippen molar-refractivity contribution in [2.24, 2.45) is 10.7 Å². The highest BCUT2D eigenvalue weighted by atomic mass is 79.9. The van der Waals surface area contributed by atoms with Crippen LogP contribution in [0.15, 0.2) is 64.1 Å². The molecule has 0 saturated carbocycles. The van der Waals surface area contributed by atoms with E-state index in [0.29, 0.717) is 12.5 Å². The van der Waals surface area contributed by atoms with Gasteiger partial charge in [0.25, 0.3) is 0 Å². The van der Waals surface area contributed by atoms with Gasteiger partial charge < -0.3 is 10.6 Å². The average Bonchev–Trinajstić information content (AvgIpc) is 2.77. The Balaban J connectivity index is 2.06. The predicted octanol–water partition coefficient (Wildman–Crippen LogP) is 3.50. The van der Waals surface area contributed by atoms with E-state index in [1.807, 2.05) is 18.2 Å². The van der Waals surface area contributed by atoms with Crippen LogP contribution in [0.3, 0.4) is 0 Å². The number of nitrogens with two attached hydrogens (primary N) is 1. The molecule has 0 spiro atoms. The van der Waals surface area contributed by atoms with E-state index in [1.54, 1.807) is 0 Å². The van der Waals surface area contributed by atoms with Gasteiger partial charge in [0.05, 0.1) is 12.1 Å². The standard InChI is InChI=1S/C16H16BrN3/c1-16(12-7-9-13(17)10-8-12)11-19-15(18)20(16)14-5-3-2-4-6-14/h2-10H,11H2,1H3,(H2,18,19). The first-order chi connectivity index (χ1) is 9.61. The number of benzene rings is 2. The summed E-state index contributed by atoms with van der Waals surface area (Å²) in [5.41, 5.74) is 8.15. The number of guanidine groups is 1. The first-order valence-electron chi connectivity index (χ1n) is 6.52. The molecule has 1 aliphatic rings. The number of hydrogen-bond donors (Lipinski definition) is 1. The lowest BCUT2D eigenvalue weighted by Gasteiger charge is -2.36. The molecule has 20 heavy (non-hydrogen) atoms. The fraction of sp³-hybridized carbons (Fsp3) is 0.188. The summed E-state index contributed by atoms with van der Waals surface area (Å²) in [4.78, 5) is 6.56. The molecule has 0 bridgehead atoms. The Morgan fingerprint density at radius 1 is 1.10 bits per heavy atom. The van der Waals surface area contributed by atoms with Gasteiger partial charge in [0.1, 0.15) is 0 Å². The highest BCUT2D eigenvalue weighted by Gasteiger charge is 2.40. The number of para-hydroxylation sites is 1. The van der Waals surface area contributed by atoms with Crippen molar-refractivity contribution in [1.29, 1.82) is 0 Å². The Hall–Kier alpha value is -1.81. The van der Waals surface area contributed by atoms with Crippen molar-refractivity contribution in [2.75, 3.05) is 11.4 Å². The van der Waals surface area contributed by atoms with Crippen LogP contribution in [0, 0.1) is 0 Å². The van der Waals surface area contributed by atoms with E-state index in [2.05, 4.69) is 69.1 Å². The minimum Gasteiger partial charge on any atom is -0.369 e. The van der Waals surface area contributed by atoms with Crippen molar-refractivity contribution in [3.63, 3.8) is 0 Å². The minimum atomic E-state index is -0.244. The summed E-state index contributed by atoms with van der Waals surface area (Å²) in [5.74, 6) is 0.571. The number of nitrogens with zero attached hydrogens (tertiary/aromatic N) is 2. The van der Waals surface area contributed by atoms with Crippen molar-refractivity contribution in [3.8, 4) is 0 Å². The van der Waals surface area contributed by atoms with Gasteiger partial charge in [-0.3, -0.25) is 4.99 Å². The van der Waals surface area contributed by atoms with Gasteiger partial charge in [0.15, 0.2) is 5.96 Å². The maximum absolute atomic E-state index is 6.12. The van der Waals surface area contributed by atoms with Crippen molar-refractivity contribution >= 4 is 27.6 Å². The Labute approximate surface area is 127 Å². The van der Waals surface area contributed by atoms with Gasteiger partial charge in [-0.2, -0.15) is 0 Å². The fourth-order valence-electron chi connectivity index (χ4n) is 2.65. The fourth-order valence-corrected chi connectivity index (χ4v) is 2.92. The molecule has 2 aromatic carbocycles. The summed E-state index contributed by atoms with van der Waals surface area (Å²) in [5, 5.41) is 0. The summed E-state index contributed by atoms with van der Waals surface area (Å²) >= 11 is 3.48. The molecule has 0 aliphatic carbocycles. The van der Waals surface area contributed by atoms with Crippen LogP contribution in [0.1, 0.15) is 12.5 Å². The monoisotopic (exact) mass is 329 g/mol. The van der Waals surface area contributed by atoms with E-state index in [1.165, 1.54) is 5.56 Å². The molecule has 3 rings (SSSR count). The van der Waals surface area contributed by atoms with Gasteiger partial charge in [-0.05, 0) is 36.8 Å². The predicted molar refractivity (Wildman–Crippen MR) is 86.9 cm³/mol. The number of hydrogen-bond acceptors (Lipinski definition) is 3. The minimum absolute atomic E-state index is 0.244. The summed E-state index contributed by atoms with van der Waals surface area (Å²) in [6.07, 6.45) is 0. The Kier molecular flexibility index (Phi) is 3.26. The third-order valence-electron chi connectivity index (χ3n) is 3.75. The lowest BCUT2D eigenvalue weighted by molar-refractivity contribution is 0.533. The Morgan fingerprint density at radius 2 is 1.75 bits per heavy atom. The molecule has 2 aromatic rings. The zero-order valence-corrected chi connectivity index (χ0v) is 12.8. The second-order valence-corrected chi connectivity index (χ2v) is 6.04. The van der Waals surface area contributed by atoms with E-state index < -0.39 is 0 Å². The van der Waals surface area contributed by atoms with Gasteiger partial charge in [-0.15, -0.1) is 0 Å². The SMILES string of the molecule is CC1(c2ccc(Br)cc2)CN=C(N)N1c1ccccc1. The number of rotatable bonds is 2. The topological polar surface area (TPSA) is 41.6 Å². The first kappa shape index (κ1) is 13.2. The van der Waals surface area contributed by atoms with E-state index in [-0.39, 0.29) is 5.54 Å². The zero-order valence-electron chi connectivity index (χ0n) is 11.3. The van der Waals surface area contributed by atoms with Crippen molar-refractivity contribution in [1.82, 2.24) is 0 Å². The number of aliphatic imine (C=N–C) groups is 1.